The zero-order valence-electron chi connectivity index (χ0n) is 9.88. The maximum absolute atomic E-state index is 4.43. The third-order valence-electron chi connectivity index (χ3n) is 3.11. The molecule has 1 fully saturated rings. The van der Waals surface area contributed by atoms with Crippen LogP contribution in [0.1, 0.15) is 18.7 Å². The van der Waals surface area contributed by atoms with Gasteiger partial charge in [-0.05, 0) is 52.7 Å². The minimum atomic E-state index is 0.502. The van der Waals surface area contributed by atoms with Crippen LogP contribution in [0, 0.1) is 0 Å². The van der Waals surface area contributed by atoms with Crippen LogP contribution in [0.3, 0.4) is 0 Å². The van der Waals surface area contributed by atoms with E-state index in [1.807, 2.05) is 24.3 Å². The third kappa shape index (κ3) is 2.44. The average molecular weight is 308 g/mol. The summed E-state index contributed by atoms with van der Waals surface area (Å²) >= 11 is 3.49. The molecular weight excluding hydrogens is 294 g/mol. The van der Waals surface area contributed by atoms with Crippen LogP contribution in [-0.4, -0.2) is 32.8 Å². The van der Waals surface area contributed by atoms with E-state index in [9.17, 15) is 0 Å². The molecule has 1 unspecified atom stereocenters. The average Bonchev–Trinajstić information content (AvgIpc) is 3.02. The molecule has 0 amide bonds. The molecule has 0 saturated carbocycles. The Bertz CT molecular complexity index is 533. The van der Waals surface area contributed by atoms with Crippen molar-refractivity contribution in [1.29, 1.82) is 0 Å². The summed E-state index contributed by atoms with van der Waals surface area (Å²) in [6, 6.07) is 8.36. The molecule has 1 atom stereocenters. The van der Waals surface area contributed by atoms with Gasteiger partial charge in [0.25, 0.3) is 0 Å². The van der Waals surface area contributed by atoms with Crippen molar-refractivity contribution >= 4 is 15.9 Å². The van der Waals surface area contributed by atoms with Gasteiger partial charge in [-0.3, -0.25) is 0 Å². The van der Waals surface area contributed by atoms with Crippen LogP contribution in [0.2, 0.25) is 0 Å². The number of benzene rings is 1. The highest BCUT2D eigenvalue weighted by Crippen LogP contribution is 2.18. The number of tetrazole rings is 1. The van der Waals surface area contributed by atoms with Crippen LogP contribution in [-0.2, 0) is 6.42 Å². The number of nitrogens with zero attached hydrogens (tertiary/aromatic N) is 4. The molecule has 2 aromatic rings. The third-order valence-corrected chi connectivity index (χ3v) is 3.78. The molecule has 1 aliphatic rings. The van der Waals surface area contributed by atoms with E-state index in [1.54, 1.807) is 4.80 Å². The normalized spacial score (nSPS) is 19.3. The van der Waals surface area contributed by atoms with Crippen LogP contribution in [0.5, 0.6) is 0 Å². The van der Waals surface area contributed by atoms with Crippen molar-refractivity contribution in [3.8, 4) is 5.69 Å². The highest BCUT2D eigenvalue weighted by molar-refractivity contribution is 9.10. The number of aromatic nitrogens is 4. The van der Waals surface area contributed by atoms with Gasteiger partial charge in [0.2, 0.25) is 0 Å². The maximum Gasteiger partial charge on any atom is 0.176 e. The minimum absolute atomic E-state index is 0.502. The van der Waals surface area contributed by atoms with Crippen LogP contribution in [0.15, 0.2) is 28.7 Å². The largest absolute Gasteiger partial charge is 0.314 e. The van der Waals surface area contributed by atoms with Gasteiger partial charge >= 0.3 is 0 Å². The van der Waals surface area contributed by atoms with Crippen LogP contribution < -0.4 is 5.32 Å². The zero-order valence-corrected chi connectivity index (χ0v) is 11.5. The summed E-state index contributed by atoms with van der Waals surface area (Å²) in [5, 5.41) is 16.1. The topological polar surface area (TPSA) is 55.6 Å². The number of para-hydroxylation sites is 1. The number of nitrogens with one attached hydrogen (secondary N) is 1. The lowest BCUT2D eigenvalue weighted by Gasteiger charge is -2.05. The summed E-state index contributed by atoms with van der Waals surface area (Å²) < 4.78 is 0.966. The summed E-state index contributed by atoms with van der Waals surface area (Å²) in [6.45, 7) is 1.10. The smallest absolute Gasteiger partial charge is 0.176 e. The molecule has 94 valence electrons. The van der Waals surface area contributed by atoms with Crippen molar-refractivity contribution in [2.24, 2.45) is 0 Å². The number of halogens is 1. The lowest BCUT2D eigenvalue weighted by molar-refractivity contribution is 0.584. The van der Waals surface area contributed by atoms with Gasteiger partial charge in [0.1, 0.15) is 5.69 Å². The van der Waals surface area contributed by atoms with E-state index in [1.165, 1.54) is 12.8 Å². The van der Waals surface area contributed by atoms with Crippen molar-refractivity contribution in [3.63, 3.8) is 0 Å². The molecule has 0 aliphatic carbocycles. The maximum atomic E-state index is 4.43. The number of hydrogen-bond donors (Lipinski definition) is 1. The Morgan fingerprint density at radius 1 is 1.39 bits per heavy atom. The van der Waals surface area contributed by atoms with Crippen LogP contribution in [0.25, 0.3) is 5.69 Å². The SMILES string of the molecule is Brc1ccccc1-n1nnc(CC2CCCN2)n1. The fourth-order valence-electron chi connectivity index (χ4n) is 2.19. The van der Waals surface area contributed by atoms with E-state index >= 15 is 0 Å². The molecule has 5 nitrogen and oxygen atoms in total. The van der Waals surface area contributed by atoms with Crippen LogP contribution >= 0.6 is 15.9 Å². The number of hydrogen-bond acceptors (Lipinski definition) is 4. The van der Waals surface area contributed by atoms with Gasteiger partial charge in [0, 0.05) is 16.9 Å². The van der Waals surface area contributed by atoms with Gasteiger partial charge in [-0.1, -0.05) is 12.1 Å². The Balaban J connectivity index is 1.79. The molecule has 2 heterocycles. The highest BCUT2D eigenvalue weighted by atomic mass is 79.9. The number of rotatable bonds is 3. The van der Waals surface area contributed by atoms with Gasteiger partial charge in [-0.15, -0.1) is 15.0 Å². The summed E-state index contributed by atoms with van der Waals surface area (Å²) in [5.41, 5.74) is 0.913. The molecule has 1 aliphatic heterocycles. The summed E-state index contributed by atoms with van der Waals surface area (Å²) in [6.07, 6.45) is 3.29. The minimum Gasteiger partial charge on any atom is -0.314 e. The molecule has 0 spiro atoms. The molecule has 18 heavy (non-hydrogen) atoms. The Kier molecular flexibility index (Phi) is 3.38. The van der Waals surface area contributed by atoms with Crippen LogP contribution in [0.4, 0.5) is 0 Å². The first-order chi connectivity index (χ1) is 8.83. The molecule has 1 saturated heterocycles. The lowest BCUT2D eigenvalue weighted by atomic mass is 10.1. The quantitative estimate of drug-likeness (QED) is 0.938. The Labute approximate surface area is 114 Å². The predicted molar refractivity (Wildman–Crippen MR) is 71.6 cm³/mol. The first kappa shape index (κ1) is 11.8. The first-order valence-electron chi connectivity index (χ1n) is 6.10. The van der Waals surface area contributed by atoms with Gasteiger partial charge in [-0.25, -0.2) is 0 Å². The van der Waals surface area contributed by atoms with Gasteiger partial charge in [0.15, 0.2) is 5.82 Å². The summed E-state index contributed by atoms with van der Waals surface area (Å²) in [5.74, 6) is 0.796. The van der Waals surface area contributed by atoms with Crippen molar-refractivity contribution in [2.75, 3.05) is 6.54 Å². The lowest BCUT2D eigenvalue weighted by Crippen LogP contribution is -2.24. The monoisotopic (exact) mass is 307 g/mol. The molecule has 0 bridgehead atoms. The van der Waals surface area contributed by atoms with E-state index in [2.05, 4.69) is 36.7 Å². The second-order valence-electron chi connectivity index (χ2n) is 4.44. The molecule has 1 N–H and O–H groups in total. The molecule has 6 heteroatoms. The van der Waals surface area contributed by atoms with Crippen molar-refractivity contribution < 1.29 is 0 Å². The predicted octanol–water partition coefficient (Wildman–Crippen LogP) is 1.72. The van der Waals surface area contributed by atoms with E-state index in [-0.39, 0.29) is 0 Å². The fraction of sp³-hybridized carbons (Fsp3) is 0.417. The van der Waals surface area contributed by atoms with E-state index in [4.69, 9.17) is 0 Å². The van der Waals surface area contributed by atoms with Crippen molar-refractivity contribution in [1.82, 2.24) is 25.5 Å². The summed E-state index contributed by atoms with van der Waals surface area (Å²) in [4.78, 5) is 1.58. The molecule has 0 radical (unpaired) electrons. The summed E-state index contributed by atoms with van der Waals surface area (Å²) in [7, 11) is 0. The Morgan fingerprint density at radius 3 is 3.06 bits per heavy atom. The second kappa shape index (κ2) is 5.16. The molecule has 3 rings (SSSR count). The standard InChI is InChI=1S/C12H14BrN5/c13-10-5-1-2-6-11(10)18-16-12(15-17-18)8-9-4-3-7-14-9/h1-2,5-6,9,14H,3-4,7-8H2. The Hall–Kier alpha value is -1.27. The zero-order chi connectivity index (χ0) is 12.4. The van der Waals surface area contributed by atoms with Gasteiger partial charge < -0.3 is 5.32 Å². The van der Waals surface area contributed by atoms with Crippen molar-refractivity contribution in [2.45, 2.75) is 25.3 Å². The highest BCUT2D eigenvalue weighted by Gasteiger charge is 2.17. The van der Waals surface area contributed by atoms with E-state index < -0.39 is 0 Å². The van der Waals surface area contributed by atoms with E-state index in [0.717, 1.165) is 29.0 Å². The molecule has 1 aromatic carbocycles. The van der Waals surface area contributed by atoms with Gasteiger partial charge in [0.05, 0.1) is 0 Å². The van der Waals surface area contributed by atoms with Gasteiger partial charge in [-0.2, -0.15) is 0 Å². The fourth-order valence-corrected chi connectivity index (χ4v) is 2.64. The second-order valence-corrected chi connectivity index (χ2v) is 5.30. The molecule has 1 aromatic heterocycles. The first-order valence-corrected chi connectivity index (χ1v) is 6.89. The van der Waals surface area contributed by atoms with E-state index in [0.29, 0.717) is 6.04 Å². The Morgan fingerprint density at radius 2 is 2.28 bits per heavy atom. The molecular formula is C12H14BrN5. The van der Waals surface area contributed by atoms with Crippen molar-refractivity contribution in [3.05, 3.63) is 34.6 Å².